The van der Waals surface area contributed by atoms with Crippen molar-refractivity contribution in [3.8, 4) is 0 Å². The summed E-state index contributed by atoms with van der Waals surface area (Å²) in [5.74, 6) is 0.597. The largest absolute Gasteiger partial charge is 0.507 e. The summed E-state index contributed by atoms with van der Waals surface area (Å²) < 4.78 is 0. The second-order valence-electron chi connectivity index (χ2n) is 3.30. The topological polar surface area (TPSA) is 58.6 Å². The summed E-state index contributed by atoms with van der Waals surface area (Å²) in [5.41, 5.74) is 7.15. The zero-order valence-electron chi connectivity index (χ0n) is 8.22. The summed E-state index contributed by atoms with van der Waals surface area (Å²) in [6.07, 6.45) is 4.14. The molecule has 15 heavy (non-hydrogen) atoms. The minimum absolute atomic E-state index is 0.209. The molecule has 3 heteroatoms. The normalized spacial score (nSPS) is 18.5. The second-order valence-corrected chi connectivity index (χ2v) is 3.30. The highest BCUT2D eigenvalue weighted by atomic mass is 16.3. The van der Waals surface area contributed by atoms with E-state index in [9.17, 15) is 5.11 Å². The van der Waals surface area contributed by atoms with Crippen molar-refractivity contribution in [1.82, 2.24) is 0 Å². The maximum atomic E-state index is 10.0. The first kappa shape index (κ1) is 9.52. The Morgan fingerprint density at radius 2 is 2.00 bits per heavy atom. The molecule has 0 saturated heterocycles. The molecule has 0 aromatic heterocycles. The quantitative estimate of drug-likeness (QED) is 0.683. The fraction of sp³-hybridized carbons (Fsp3) is 0.0833. The molecule has 3 nitrogen and oxygen atoms in total. The van der Waals surface area contributed by atoms with Crippen molar-refractivity contribution in [1.29, 1.82) is 0 Å². The molecule has 0 spiro atoms. The third kappa shape index (κ3) is 1.91. The summed E-state index contributed by atoms with van der Waals surface area (Å²) in [4.78, 5) is 3.95. The predicted octanol–water partition coefficient (Wildman–Crippen LogP) is 2.23. The van der Waals surface area contributed by atoms with Crippen LogP contribution < -0.4 is 5.73 Å². The molecule has 0 atom stereocenters. The fourth-order valence-corrected chi connectivity index (χ4v) is 1.47. The average molecular weight is 200 g/mol. The van der Waals surface area contributed by atoms with Crippen LogP contribution in [0.1, 0.15) is 12.0 Å². The minimum Gasteiger partial charge on any atom is -0.507 e. The molecule has 0 aliphatic carbocycles. The second kappa shape index (κ2) is 4.00. The van der Waals surface area contributed by atoms with Gasteiger partial charge in [-0.3, -0.25) is 0 Å². The van der Waals surface area contributed by atoms with E-state index in [0.717, 1.165) is 5.56 Å². The van der Waals surface area contributed by atoms with E-state index in [1.54, 1.807) is 6.20 Å². The number of amidine groups is 1. The molecule has 1 heterocycles. The first-order valence-corrected chi connectivity index (χ1v) is 4.75. The SMILES string of the molecule is NC1=NC=CCC1=C(O)c1ccccc1. The Morgan fingerprint density at radius 1 is 1.27 bits per heavy atom. The molecular weight excluding hydrogens is 188 g/mol. The summed E-state index contributed by atoms with van der Waals surface area (Å²) in [6, 6.07) is 9.33. The van der Waals surface area contributed by atoms with E-state index in [4.69, 9.17) is 5.73 Å². The molecule has 0 radical (unpaired) electrons. The summed E-state index contributed by atoms with van der Waals surface area (Å²) in [7, 11) is 0. The molecule has 0 amide bonds. The van der Waals surface area contributed by atoms with E-state index >= 15 is 0 Å². The average Bonchev–Trinajstić information content (AvgIpc) is 2.30. The van der Waals surface area contributed by atoms with Crippen molar-refractivity contribution in [2.75, 3.05) is 0 Å². The Hall–Kier alpha value is -2.03. The molecule has 0 fully saturated rings. The van der Waals surface area contributed by atoms with Crippen LogP contribution >= 0.6 is 0 Å². The molecule has 0 unspecified atom stereocenters. The number of aliphatic imine (C=N–C) groups is 1. The maximum Gasteiger partial charge on any atom is 0.130 e. The minimum atomic E-state index is 0.209. The number of hydrogen-bond donors (Lipinski definition) is 2. The van der Waals surface area contributed by atoms with Crippen LogP contribution in [0.15, 0.2) is 53.2 Å². The molecule has 1 aliphatic heterocycles. The number of allylic oxidation sites excluding steroid dienone is 1. The van der Waals surface area contributed by atoms with Gasteiger partial charge in [-0.2, -0.15) is 0 Å². The number of aliphatic hydroxyl groups excluding tert-OH is 1. The summed E-state index contributed by atoms with van der Waals surface area (Å²) in [5, 5.41) is 10.0. The van der Waals surface area contributed by atoms with Crippen LogP contribution in [0.5, 0.6) is 0 Å². The van der Waals surface area contributed by atoms with Gasteiger partial charge in [0, 0.05) is 17.3 Å². The zero-order chi connectivity index (χ0) is 10.7. The number of rotatable bonds is 1. The van der Waals surface area contributed by atoms with Crippen LogP contribution in [0.3, 0.4) is 0 Å². The number of benzene rings is 1. The standard InChI is InChI=1S/C12H12N2O/c13-12-10(7-4-8-14-12)11(15)9-5-2-1-3-6-9/h1-6,8,15H,7H2,(H2,13,14). The van der Waals surface area contributed by atoms with Gasteiger partial charge in [-0.25, -0.2) is 4.99 Å². The van der Waals surface area contributed by atoms with Crippen molar-refractivity contribution in [3.05, 3.63) is 53.7 Å². The summed E-state index contributed by atoms with van der Waals surface area (Å²) in [6.45, 7) is 0. The first-order chi connectivity index (χ1) is 7.29. The smallest absolute Gasteiger partial charge is 0.130 e. The van der Waals surface area contributed by atoms with Crippen molar-refractivity contribution in [3.63, 3.8) is 0 Å². The van der Waals surface area contributed by atoms with Gasteiger partial charge in [0.2, 0.25) is 0 Å². The van der Waals surface area contributed by atoms with Crippen molar-refractivity contribution < 1.29 is 5.11 Å². The number of nitrogens with zero attached hydrogens (tertiary/aromatic N) is 1. The van der Waals surface area contributed by atoms with Gasteiger partial charge in [-0.1, -0.05) is 36.4 Å². The molecule has 2 rings (SSSR count). The third-order valence-corrected chi connectivity index (χ3v) is 2.28. The maximum absolute atomic E-state index is 10.0. The van der Waals surface area contributed by atoms with E-state index in [-0.39, 0.29) is 5.76 Å². The van der Waals surface area contributed by atoms with Crippen molar-refractivity contribution in [2.45, 2.75) is 6.42 Å². The van der Waals surface area contributed by atoms with Gasteiger partial charge in [0.05, 0.1) is 0 Å². The van der Waals surface area contributed by atoms with Gasteiger partial charge in [0.25, 0.3) is 0 Å². The molecular formula is C12H12N2O. The first-order valence-electron chi connectivity index (χ1n) is 4.75. The molecule has 0 saturated carbocycles. The Kier molecular flexibility index (Phi) is 2.54. The summed E-state index contributed by atoms with van der Waals surface area (Å²) >= 11 is 0. The number of hydrogen-bond acceptors (Lipinski definition) is 3. The van der Waals surface area contributed by atoms with Crippen LogP contribution in [-0.4, -0.2) is 10.9 Å². The molecule has 1 aromatic rings. The van der Waals surface area contributed by atoms with E-state index in [2.05, 4.69) is 4.99 Å². The lowest BCUT2D eigenvalue weighted by atomic mass is 10.0. The van der Waals surface area contributed by atoms with Gasteiger partial charge < -0.3 is 10.8 Å². The van der Waals surface area contributed by atoms with Crippen LogP contribution in [0, 0.1) is 0 Å². The highest BCUT2D eigenvalue weighted by molar-refractivity contribution is 6.03. The van der Waals surface area contributed by atoms with Gasteiger partial charge in [-0.05, 0) is 6.42 Å². The lowest BCUT2D eigenvalue weighted by Gasteiger charge is -2.10. The lowest BCUT2D eigenvalue weighted by Crippen LogP contribution is -2.17. The Bertz CT molecular complexity index is 444. The molecule has 1 aliphatic rings. The van der Waals surface area contributed by atoms with Crippen LogP contribution in [0.4, 0.5) is 0 Å². The van der Waals surface area contributed by atoms with Gasteiger partial charge >= 0.3 is 0 Å². The highest BCUT2D eigenvalue weighted by Gasteiger charge is 2.12. The van der Waals surface area contributed by atoms with Gasteiger partial charge in [-0.15, -0.1) is 0 Å². The lowest BCUT2D eigenvalue weighted by molar-refractivity contribution is 0.507. The van der Waals surface area contributed by atoms with Crippen LogP contribution in [0.25, 0.3) is 5.76 Å². The monoisotopic (exact) mass is 200 g/mol. The third-order valence-electron chi connectivity index (χ3n) is 2.28. The van der Waals surface area contributed by atoms with Gasteiger partial charge in [0.15, 0.2) is 0 Å². The van der Waals surface area contributed by atoms with E-state index < -0.39 is 0 Å². The molecule has 76 valence electrons. The molecule has 3 N–H and O–H groups in total. The van der Waals surface area contributed by atoms with E-state index in [1.807, 2.05) is 36.4 Å². The zero-order valence-corrected chi connectivity index (χ0v) is 8.22. The van der Waals surface area contributed by atoms with E-state index in [1.165, 1.54) is 0 Å². The fourth-order valence-electron chi connectivity index (χ4n) is 1.47. The predicted molar refractivity (Wildman–Crippen MR) is 61.4 cm³/mol. The number of nitrogens with two attached hydrogens (primary N) is 1. The highest BCUT2D eigenvalue weighted by Crippen LogP contribution is 2.20. The van der Waals surface area contributed by atoms with Crippen molar-refractivity contribution in [2.24, 2.45) is 10.7 Å². The van der Waals surface area contributed by atoms with E-state index in [0.29, 0.717) is 17.8 Å². The molecule has 1 aromatic carbocycles. The Balaban J connectivity index is 2.42. The number of aliphatic hydroxyl groups is 1. The van der Waals surface area contributed by atoms with Crippen molar-refractivity contribution >= 4 is 11.6 Å². The van der Waals surface area contributed by atoms with Crippen LogP contribution in [0.2, 0.25) is 0 Å². The van der Waals surface area contributed by atoms with Crippen LogP contribution in [-0.2, 0) is 0 Å². The molecule has 0 bridgehead atoms. The Morgan fingerprint density at radius 3 is 2.67 bits per heavy atom. The Labute approximate surface area is 88.3 Å². The van der Waals surface area contributed by atoms with Gasteiger partial charge in [0.1, 0.15) is 11.6 Å².